The van der Waals surface area contributed by atoms with E-state index in [9.17, 15) is 8.78 Å². The third kappa shape index (κ3) is 2.23. The van der Waals surface area contributed by atoms with Crippen molar-refractivity contribution in [2.24, 2.45) is 0 Å². The second-order valence-corrected chi connectivity index (χ2v) is 4.15. The maximum absolute atomic E-state index is 13.4. The third-order valence-corrected chi connectivity index (χ3v) is 3.13. The molecule has 88 valence electrons. The van der Waals surface area contributed by atoms with Crippen LogP contribution in [0.2, 0.25) is 0 Å². The number of halogens is 2. The first-order chi connectivity index (χ1) is 7.72. The van der Waals surface area contributed by atoms with Crippen LogP contribution < -0.4 is 0 Å². The molecular formula is C12H15F2NO. The van der Waals surface area contributed by atoms with E-state index in [4.69, 9.17) is 5.11 Å². The summed E-state index contributed by atoms with van der Waals surface area (Å²) in [6, 6.07) is 3.94. The number of hydrogen-bond donors (Lipinski definition) is 1. The van der Waals surface area contributed by atoms with Gasteiger partial charge in [0.15, 0.2) is 0 Å². The molecule has 1 aromatic rings. The number of rotatable bonds is 3. The van der Waals surface area contributed by atoms with Gasteiger partial charge in [0.2, 0.25) is 0 Å². The highest BCUT2D eigenvalue weighted by Crippen LogP contribution is 2.22. The van der Waals surface area contributed by atoms with Gasteiger partial charge in [0.05, 0.1) is 6.61 Å². The number of aliphatic hydroxyl groups is 1. The predicted molar refractivity (Wildman–Crippen MR) is 56.9 cm³/mol. The predicted octanol–water partition coefficient (Wildman–Crippen LogP) is 1.92. The van der Waals surface area contributed by atoms with Gasteiger partial charge in [-0.15, -0.1) is 0 Å². The zero-order chi connectivity index (χ0) is 11.5. The lowest BCUT2D eigenvalue weighted by atomic mass is 10.1. The van der Waals surface area contributed by atoms with Crippen LogP contribution in [0.3, 0.4) is 0 Å². The minimum Gasteiger partial charge on any atom is -0.395 e. The molecule has 0 amide bonds. The lowest BCUT2D eigenvalue weighted by Gasteiger charge is -2.22. The highest BCUT2D eigenvalue weighted by molar-refractivity contribution is 5.19. The van der Waals surface area contributed by atoms with Gasteiger partial charge in [-0.05, 0) is 31.5 Å². The van der Waals surface area contributed by atoms with Crippen molar-refractivity contribution in [3.63, 3.8) is 0 Å². The highest BCUT2D eigenvalue weighted by Gasteiger charge is 2.25. The van der Waals surface area contributed by atoms with Gasteiger partial charge in [-0.1, -0.05) is 6.07 Å². The zero-order valence-corrected chi connectivity index (χ0v) is 9.00. The quantitative estimate of drug-likeness (QED) is 0.852. The topological polar surface area (TPSA) is 23.5 Å². The number of aliphatic hydroxyl groups excluding tert-OH is 1. The van der Waals surface area contributed by atoms with Crippen LogP contribution >= 0.6 is 0 Å². The van der Waals surface area contributed by atoms with Gasteiger partial charge in [0.25, 0.3) is 0 Å². The largest absolute Gasteiger partial charge is 0.395 e. The maximum Gasteiger partial charge on any atom is 0.130 e. The second-order valence-electron chi connectivity index (χ2n) is 4.15. The van der Waals surface area contributed by atoms with E-state index in [1.807, 2.05) is 4.90 Å². The van der Waals surface area contributed by atoms with Crippen LogP contribution in [-0.2, 0) is 6.54 Å². The molecule has 1 aromatic carbocycles. The van der Waals surface area contributed by atoms with Crippen molar-refractivity contribution < 1.29 is 13.9 Å². The SMILES string of the molecule is OC[C@@H]1CCCN1Cc1c(F)cccc1F. The molecule has 4 heteroatoms. The molecule has 0 bridgehead atoms. The molecule has 2 rings (SSSR count). The first-order valence-corrected chi connectivity index (χ1v) is 5.50. The summed E-state index contributed by atoms with van der Waals surface area (Å²) in [4.78, 5) is 1.93. The average Bonchev–Trinajstić information content (AvgIpc) is 2.71. The Kier molecular flexibility index (Phi) is 3.51. The minimum absolute atomic E-state index is 0.0407. The molecule has 1 N–H and O–H groups in total. The van der Waals surface area contributed by atoms with Gasteiger partial charge >= 0.3 is 0 Å². The summed E-state index contributed by atoms with van der Waals surface area (Å²) >= 11 is 0. The highest BCUT2D eigenvalue weighted by atomic mass is 19.1. The van der Waals surface area contributed by atoms with Gasteiger partial charge in [-0.3, -0.25) is 4.90 Å². The van der Waals surface area contributed by atoms with Gasteiger partial charge in [0.1, 0.15) is 11.6 Å². The molecule has 16 heavy (non-hydrogen) atoms. The standard InChI is InChI=1S/C12H15F2NO/c13-11-4-1-5-12(14)10(11)7-15-6-2-3-9(15)8-16/h1,4-5,9,16H,2-3,6-8H2/t9-/m0/s1. The summed E-state index contributed by atoms with van der Waals surface area (Å²) in [5, 5.41) is 9.12. The average molecular weight is 227 g/mol. The van der Waals surface area contributed by atoms with Crippen LogP contribution in [0, 0.1) is 11.6 Å². The van der Waals surface area contributed by atoms with E-state index in [1.165, 1.54) is 18.2 Å². The van der Waals surface area contributed by atoms with E-state index in [1.54, 1.807) is 0 Å². The zero-order valence-electron chi connectivity index (χ0n) is 9.00. The molecule has 0 aromatic heterocycles. The molecule has 0 radical (unpaired) electrons. The van der Waals surface area contributed by atoms with E-state index in [2.05, 4.69) is 0 Å². The molecule has 1 atom stereocenters. The summed E-state index contributed by atoms with van der Waals surface area (Å²) in [5.74, 6) is -1.02. The van der Waals surface area contributed by atoms with Crippen LogP contribution in [0.4, 0.5) is 8.78 Å². The molecule has 1 aliphatic heterocycles. The van der Waals surface area contributed by atoms with Crippen molar-refractivity contribution in [3.05, 3.63) is 35.4 Å². The molecule has 0 aliphatic carbocycles. The first kappa shape index (κ1) is 11.5. The molecule has 1 aliphatic rings. The van der Waals surface area contributed by atoms with Crippen LogP contribution in [-0.4, -0.2) is 29.2 Å². The Labute approximate surface area is 93.5 Å². The van der Waals surface area contributed by atoms with Crippen LogP contribution in [0.5, 0.6) is 0 Å². The Hall–Kier alpha value is -1.00. The number of hydrogen-bond acceptors (Lipinski definition) is 2. The Bertz CT molecular complexity index is 350. The van der Waals surface area contributed by atoms with Crippen LogP contribution in [0.25, 0.3) is 0 Å². The molecule has 0 unspecified atom stereocenters. The van der Waals surface area contributed by atoms with Gasteiger partial charge in [0, 0.05) is 18.2 Å². The van der Waals surface area contributed by atoms with Gasteiger partial charge in [-0.25, -0.2) is 8.78 Å². The Morgan fingerprint density at radius 2 is 2.00 bits per heavy atom. The van der Waals surface area contributed by atoms with Crippen molar-refractivity contribution in [2.75, 3.05) is 13.2 Å². The molecule has 1 saturated heterocycles. The smallest absolute Gasteiger partial charge is 0.130 e. The fraction of sp³-hybridized carbons (Fsp3) is 0.500. The molecule has 1 fully saturated rings. The Balaban J connectivity index is 2.14. The molecule has 0 saturated carbocycles. The normalized spacial score (nSPS) is 21.6. The van der Waals surface area contributed by atoms with Crippen molar-refractivity contribution in [3.8, 4) is 0 Å². The molecule has 2 nitrogen and oxygen atoms in total. The maximum atomic E-state index is 13.4. The van der Waals surface area contributed by atoms with Crippen LogP contribution in [0.1, 0.15) is 18.4 Å². The van der Waals surface area contributed by atoms with E-state index in [0.717, 1.165) is 19.4 Å². The number of nitrogens with zero attached hydrogens (tertiary/aromatic N) is 1. The van der Waals surface area contributed by atoms with E-state index >= 15 is 0 Å². The van der Waals surface area contributed by atoms with Crippen molar-refractivity contribution >= 4 is 0 Å². The van der Waals surface area contributed by atoms with Crippen molar-refractivity contribution in [1.29, 1.82) is 0 Å². The Morgan fingerprint density at radius 1 is 1.31 bits per heavy atom. The van der Waals surface area contributed by atoms with Crippen molar-refractivity contribution in [2.45, 2.75) is 25.4 Å². The van der Waals surface area contributed by atoms with E-state index < -0.39 is 11.6 Å². The fourth-order valence-corrected chi connectivity index (χ4v) is 2.20. The van der Waals surface area contributed by atoms with E-state index in [-0.39, 0.29) is 24.8 Å². The Morgan fingerprint density at radius 3 is 2.62 bits per heavy atom. The van der Waals surface area contributed by atoms with Crippen molar-refractivity contribution in [1.82, 2.24) is 4.90 Å². The molecule has 1 heterocycles. The fourth-order valence-electron chi connectivity index (χ4n) is 2.20. The lowest BCUT2D eigenvalue weighted by Crippen LogP contribution is -2.32. The van der Waals surface area contributed by atoms with Gasteiger partial charge in [-0.2, -0.15) is 0 Å². The number of benzene rings is 1. The summed E-state index contributed by atoms with van der Waals surface area (Å²) in [5.41, 5.74) is 0.0999. The van der Waals surface area contributed by atoms with Crippen LogP contribution in [0.15, 0.2) is 18.2 Å². The van der Waals surface area contributed by atoms with E-state index in [0.29, 0.717) is 0 Å². The minimum atomic E-state index is -0.511. The summed E-state index contributed by atoms with van der Waals surface area (Å²) in [6.45, 7) is 1.08. The summed E-state index contributed by atoms with van der Waals surface area (Å²) in [7, 11) is 0. The number of likely N-dealkylation sites (tertiary alicyclic amines) is 1. The summed E-state index contributed by atoms with van der Waals surface area (Å²) < 4.78 is 26.8. The summed E-state index contributed by atoms with van der Waals surface area (Å²) in [6.07, 6.45) is 1.87. The lowest BCUT2D eigenvalue weighted by molar-refractivity contribution is 0.151. The first-order valence-electron chi connectivity index (χ1n) is 5.50. The second kappa shape index (κ2) is 4.89. The monoisotopic (exact) mass is 227 g/mol. The van der Waals surface area contributed by atoms with Gasteiger partial charge < -0.3 is 5.11 Å². The molecular weight excluding hydrogens is 212 g/mol. The molecule has 0 spiro atoms. The third-order valence-electron chi connectivity index (χ3n) is 3.13.